The Morgan fingerprint density at radius 3 is 1.00 bits per heavy atom. The van der Waals surface area contributed by atoms with Gasteiger partial charge in [-0.25, -0.2) is 0 Å². The Hall–Kier alpha value is -3.65. The second-order valence-electron chi connectivity index (χ2n) is 5.87. The molecule has 0 unspecified atom stereocenters. The van der Waals surface area contributed by atoms with Crippen molar-refractivity contribution < 1.29 is 4.79 Å². The van der Waals surface area contributed by atoms with E-state index in [4.69, 9.17) is 0 Å². The molecule has 0 aliphatic rings. The Morgan fingerprint density at radius 2 is 0.741 bits per heavy atom. The average molecular weight is 351 g/mol. The van der Waals surface area contributed by atoms with Gasteiger partial charge in [0.15, 0.2) is 0 Å². The number of aldehydes is 1. The van der Waals surface area contributed by atoms with E-state index in [1.807, 2.05) is 36.4 Å². The largest absolute Gasteiger partial charge is 0.311 e. The van der Waals surface area contributed by atoms with E-state index in [-0.39, 0.29) is 0 Å². The molecule has 0 saturated heterocycles. The van der Waals surface area contributed by atoms with Gasteiger partial charge in [-0.1, -0.05) is 84.9 Å². The van der Waals surface area contributed by atoms with Crippen molar-refractivity contribution in [2.45, 2.75) is 0 Å². The highest BCUT2D eigenvalue weighted by atomic mass is 16.1. The predicted molar refractivity (Wildman–Crippen MR) is 113 cm³/mol. The minimum atomic E-state index is 0.729. The molecule has 0 radical (unpaired) electrons. The van der Waals surface area contributed by atoms with E-state index in [0.29, 0.717) is 0 Å². The van der Waals surface area contributed by atoms with Crippen LogP contribution in [-0.4, -0.2) is 6.29 Å². The molecule has 2 heteroatoms. The number of carbonyl (C=O) groups is 1. The predicted octanol–water partition coefficient (Wildman–Crippen LogP) is 6.66. The van der Waals surface area contributed by atoms with E-state index >= 15 is 0 Å². The Bertz CT molecular complexity index is 829. The van der Waals surface area contributed by atoms with Crippen LogP contribution in [0.5, 0.6) is 0 Å². The van der Waals surface area contributed by atoms with Gasteiger partial charge in [-0.05, 0) is 36.4 Å². The lowest BCUT2D eigenvalue weighted by atomic mass is 10.2. The molecule has 27 heavy (non-hydrogen) atoms. The van der Waals surface area contributed by atoms with Crippen LogP contribution in [0.1, 0.15) is 10.4 Å². The summed E-state index contributed by atoms with van der Waals surface area (Å²) in [6, 6.07) is 40.3. The highest BCUT2D eigenvalue weighted by molar-refractivity contribution is 5.76. The lowest BCUT2D eigenvalue weighted by molar-refractivity contribution is 0.112. The molecule has 0 amide bonds. The van der Waals surface area contributed by atoms with Crippen LogP contribution in [0.3, 0.4) is 0 Å². The SMILES string of the molecule is O=Cc1ccccc1.c1ccc(N(c2ccccc2)c2ccccc2)cc1. The van der Waals surface area contributed by atoms with Gasteiger partial charge >= 0.3 is 0 Å². The number of carbonyl (C=O) groups excluding carboxylic acids is 1. The maximum Gasteiger partial charge on any atom is 0.150 e. The number of benzene rings is 4. The Balaban J connectivity index is 0.000000221. The van der Waals surface area contributed by atoms with E-state index in [9.17, 15) is 4.79 Å². The molecule has 0 N–H and O–H groups in total. The van der Waals surface area contributed by atoms with Crippen LogP contribution in [0.4, 0.5) is 17.1 Å². The van der Waals surface area contributed by atoms with Crippen LogP contribution in [0.2, 0.25) is 0 Å². The van der Waals surface area contributed by atoms with Crippen molar-refractivity contribution in [1.82, 2.24) is 0 Å². The van der Waals surface area contributed by atoms with Gasteiger partial charge in [-0.2, -0.15) is 0 Å². The minimum absolute atomic E-state index is 0.729. The first kappa shape index (κ1) is 18.2. The zero-order chi connectivity index (χ0) is 18.7. The van der Waals surface area contributed by atoms with Gasteiger partial charge in [-0.3, -0.25) is 4.79 Å². The van der Waals surface area contributed by atoms with E-state index < -0.39 is 0 Å². The lowest BCUT2D eigenvalue weighted by Gasteiger charge is -2.25. The van der Waals surface area contributed by atoms with Crippen molar-refractivity contribution >= 4 is 23.3 Å². The molecule has 132 valence electrons. The summed E-state index contributed by atoms with van der Waals surface area (Å²) in [7, 11) is 0. The van der Waals surface area contributed by atoms with Gasteiger partial charge in [-0.15, -0.1) is 0 Å². The van der Waals surface area contributed by atoms with Crippen LogP contribution < -0.4 is 4.90 Å². The molecule has 0 spiro atoms. The number of nitrogens with zero attached hydrogens (tertiary/aromatic N) is 1. The fourth-order valence-corrected chi connectivity index (χ4v) is 2.71. The monoisotopic (exact) mass is 351 g/mol. The van der Waals surface area contributed by atoms with Crippen LogP contribution in [0.25, 0.3) is 0 Å². The summed E-state index contributed by atoms with van der Waals surface area (Å²) in [5.74, 6) is 0. The van der Waals surface area contributed by atoms with Crippen molar-refractivity contribution in [3.8, 4) is 0 Å². The van der Waals surface area contributed by atoms with Gasteiger partial charge < -0.3 is 4.90 Å². The Morgan fingerprint density at radius 1 is 0.444 bits per heavy atom. The van der Waals surface area contributed by atoms with E-state index in [0.717, 1.165) is 11.8 Å². The summed E-state index contributed by atoms with van der Waals surface area (Å²) in [5.41, 5.74) is 4.23. The van der Waals surface area contributed by atoms with Crippen LogP contribution in [0, 0.1) is 0 Å². The third kappa shape index (κ3) is 5.16. The maximum absolute atomic E-state index is 10.0. The van der Waals surface area contributed by atoms with E-state index in [2.05, 4.69) is 77.7 Å². The first-order chi connectivity index (χ1) is 13.4. The standard InChI is InChI=1S/C18H15N.C7H6O/c1-4-10-16(11-5-1)19(17-12-6-2-7-13-17)18-14-8-3-9-15-18;8-6-7-4-2-1-3-5-7/h1-15H;1-6H. The number of anilines is 3. The first-order valence-corrected chi connectivity index (χ1v) is 8.84. The van der Waals surface area contributed by atoms with Crippen LogP contribution in [0.15, 0.2) is 121 Å². The van der Waals surface area contributed by atoms with E-state index in [1.165, 1.54) is 17.1 Å². The number of hydrogen-bond acceptors (Lipinski definition) is 2. The molecule has 0 saturated carbocycles. The third-order valence-electron chi connectivity index (χ3n) is 3.98. The van der Waals surface area contributed by atoms with Gasteiger partial charge in [0.05, 0.1) is 0 Å². The molecule has 0 aromatic heterocycles. The average Bonchev–Trinajstić information content (AvgIpc) is 2.77. The van der Waals surface area contributed by atoms with Crippen molar-refractivity contribution in [2.75, 3.05) is 4.90 Å². The van der Waals surface area contributed by atoms with Crippen LogP contribution >= 0.6 is 0 Å². The number of para-hydroxylation sites is 3. The molecule has 0 atom stereocenters. The quantitative estimate of drug-likeness (QED) is 0.383. The molecule has 4 rings (SSSR count). The summed E-state index contributed by atoms with van der Waals surface area (Å²) in [6.45, 7) is 0. The lowest BCUT2D eigenvalue weighted by Crippen LogP contribution is -2.09. The molecule has 0 aliphatic carbocycles. The second-order valence-corrected chi connectivity index (χ2v) is 5.87. The third-order valence-corrected chi connectivity index (χ3v) is 3.98. The minimum Gasteiger partial charge on any atom is -0.311 e. The van der Waals surface area contributed by atoms with Crippen LogP contribution in [-0.2, 0) is 0 Å². The summed E-state index contributed by atoms with van der Waals surface area (Å²) in [5, 5.41) is 0. The van der Waals surface area contributed by atoms with Crippen molar-refractivity contribution in [2.24, 2.45) is 0 Å². The van der Waals surface area contributed by atoms with E-state index in [1.54, 1.807) is 12.1 Å². The summed E-state index contributed by atoms with van der Waals surface area (Å²) >= 11 is 0. The van der Waals surface area contributed by atoms with Gasteiger partial charge in [0.1, 0.15) is 6.29 Å². The molecule has 4 aromatic carbocycles. The topological polar surface area (TPSA) is 20.3 Å². The normalized spacial score (nSPS) is 9.63. The molecule has 0 aliphatic heterocycles. The summed E-state index contributed by atoms with van der Waals surface area (Å²) < 4.78 is 0. The zero-order valence-corrected chi connectivity index (χ0v) is 15.0. The fraction of sp³-hybridized carbons (Fsp3) is 0. The summed E-state index contributed by atoms with van der Waals surface area (Å²) in [6.07, 6.45) is 0.833. The van der Waals surface area contributed by atoms with Gasteiger partial charge in [0.2, 0.25) is 0 Å². The molecular formula is C25H21NO. The second kappa shape index (κ2) is 9.73. The van der Waals surface area contributed by atoms with Crippen molar-refractivity contribution in [3.05, 3.63) is 127 Å². The Labute approximate surface area is 160 Å². The molecule has 2 nitrogen and oxygen atoms in total. The number of hydrogen-bond donors (Lipinski definition) is 0. The molecule has 0 bridgehead atoms. The molecule has 0 heterocycles. The molecule has 4 aromatic rings. The summed E-state index contributed by atoms with van der Waals surface area (Å²) in [4.78, 5) is 12.3. The van der Waals surface area contributed by atoms with Crippen molar-refractivity contribution in [1.29, 1.82) is 0 Å². The van der Waals surface area contributed by atoms with Gasteiger partial charge in [0.25, 0.3) is 0 Å². The highest BCUT2D eigenvalue weighted by Gasteiger charge is 2.10. The fourth-order valence-electron chi connectivity index (χ4n) is 2.71. The maximum atomic E-state index is 10.0. The molecule has 0 fully saturated rings. The first-order valence-electron chi connectivity index (χ1n) is 8.84. The number of rotatable bonds is 4. The smallest absolute Gasteiger partial charge is 0.150 e. The van der Waals surface area contributed by atoms with Gasteiger partial charge in [0, 0.05) is 22.6 Å². The molecular weight excluding hydrogens is 330 g/mol. The Kier molecular flexibility index (Phi) is 6.54. The van der Waals surface area contributed by atoms with Crippen molar-refractivity contribution in [3.63, 3.8) is 0 Å². The highest BCUT2D eigenvalue weighted by Crippen LogP contribution is 2.33. The zero-order valence-electron chi connectivity index (χ0n) is 15.0.